The topological polar surface area (TPSA) is 72.5 Å². The van der Waals surface area contributed by atoms with E-state index >= 15 is 0 Å². The Hall–Kier alpha value is -0.670. The predicted molar refractivity (Wildman–Crippen MR) is 61.7 cm³/mol. The van der Waals surface area contributed by atoms with Crippen LogP contribution in [0, 0.1) is 0 Å². The van der Waals surface area contributed by atoms with Crippen molar-refractivity contribution in [1.29, 1.82) is 0 Å². The van der Waals surface area contributed by atoms with Crippen molar-refractivity contribution in [3.63, 3.8) is 0 Å². The number of rotatable bonds is 4. The van der Waals surface area contributed by atoms with Crippen LogP contribution in [0.3, 0.4) is 0 Å². The number of nitrogens with one attached hydrogen (secondary N) is 1. The monoisotopic (exact) mass is 341 g/mol. The molecule has 0 saturated carbocycles. The minimum atomic E-state index is -3.90. The number of hydrogen-bond acceptors (Lipinski definition) is 4. The summed E-state index contributed by atoms with van der Waals surface area (Å²) in [6.07, 6.45) is 0. The predicted octanol–water partition coefficient (Wildman–Crippen LogP) is 0.858. The van der Waals surface area contributed by atoms with Gasteiger partial charge in [0.2, 0.25) is 0 Å². The second-order valence-electron chi connectivity index (χ2n) is 2.51. The minimum absolute atomic E-state index is 0.00115. The van der Waals surface area contributed by atoms with E-state index in [4.69, 9.17) is 0 Å². The molecule has 5 nitrogen and oxygen atoms in total. The van der Waals surface area contributed by atoms with Gasteiger partial charge >= 0.3 is 10.1 Å². The van der Waals surface area contributed by atoms with Gasteiger partial charge in [-0.15, -0.1) is 4.28 Å². The lowest BCUT2D eigenvalue weighted by atomic mass is 10.4. The average Bonchev–Trinajstić information content (AvgIpc) is 2.27. The molecule has 0 spiro atoms. The Morgan fingerprint density at radius 2 is 1.93 bits per heavy atom. The Labute approximate surface area is 101 Å². The quantitative estimate of drug-likeness (QED) is 0.501. The van der Waals surface area contributed by atoms with Gasteiger partial charge in [0, 0.05) is 0 Å². The van der Waals surface area contributed by atoms with Gasteiger partial charge in [-0.05, 0) is 12.1 Å². The van der Waals surface area contributed by atoms with E-state index in [1.165, 1.54) is 12.1 Å². The molecule has 0 aromatic heterocycles. The molecule has 0 aliphatic heterocycles. The second-order valence-corrected chi connectivity index (χ2v) is 4.82. The maximum absolute atomic E-state index is 11.4. The van der Waals surface area contributed by atoms with Gasteiger partial charge in [0.15, 0.2) is 0 Å². The van der Waals surface area contributed by atoms with Crippen molar-refractivity contribution < 1.29 is 17.5 Å². The smallest absolute Gasteiger partial charge is 0.272 e. The van der Waals surface area contributed by atoms with Crippen LogP contribution in [0.2, 0.25) is 0 Å². The molecule has 0 bridgehead atoms. The fraction of sp³-hybridized carbons (Fsp3) is 0.125. The molecule has 1 aromatic rings. The maximum Gasteiger partial charge on any atom is 0.317 e. The van der Waals surface area contributed by atoms with E-state index in [0.29, 0.717) is 0 Å². The van der Waals surface area contributed by atoms with Crippen LogP contribution in [-0.2, 0) is 19.2 Å². The standard InChI is InChI=1S/C8H8INO4S/c9-6-8(11)10-14-15(12,13)7-4-2-1-3-5-7/h1-5H,6H2,(H,10,11). The van der Waals surface area contributed by atoms with E-state index in [-0.39, 0.29) is 9.32 Å². The van der Waals surface area contributed by atoms with Crippen molar-refractivity contribution in [3.05, 3.63) is 30.3 Å². The molecule has 0 fully saturated rings. The number of carbonyl (C=O) groups is 1. The van der Waals surface area contributed by atoms with Gasteiger partial charge in [0.1, 0.15) is 0 Å². The zero-order valence-electron chi connectivity index (χ0n) is 7.51. The second kappa shape index (κ2) is 5.42. The van der Waals surface area contributed by atoms with E-state index in [1.54, 1.807) is 40.8 Å². The van der Waals surface area contributed by atoms with E-state index in [0.717, 1.165) is 0 Å². The molecule has 1 rings (SSSR count). The lowest BCUT2D eigenvalue weighted by Gasteiger charge is -2.04. The molecule has 0 atom stereocenters. The normalized spacial score (nSPS) is 11.0. The summed E-state index contributed by atoms with van der Waals surface area (Å²) < 4.78 is 27.3. The number of alkyl halides is 1. The van der Waals surface area contributed by atoms with Crippen molar-refractivity contribution in [2.45, 2.75) is 4.90 Å². The van der Waals surface area contributed by atoms with Gasteiger partial charge < -0.3 is 0 Å². The lowest BCUT2D eigenvalue weighted by molar-refractivity contribution is -0.124. The highest BCUT2D eigenvalue weighted by Crippen LogP contribution is 2.09. The molecule has 0 aliphatic carbocycles. The fourth-order valence-corrected chi connectivity index (χ4v) is 1.71. The first-order valence-electron chi connectivity index (χ1n) is 3.89. The van der Waals surface area contributed by atoms with Gasteiger partial charge in [0.25, 0.3) is 5.91 Å². The first-order chi connectivity index (χ1) is 7.06. The van der Waals surface area contributed by atoms with Gasteiger partial charge in [-0.1, -0.05) is 40.8 Å². The first-order valence-corrected chi connectivity index (χ1v) is 6.83. The van der Waals surface area contributed by atoms with Crippen LogP contribution in [0.4, 0.5) is 0 Å². The summed E-state index contributed by atoms with van der Waals surface area (Å²) in [5, 5.41) is 0. The zero-order chi connectivity index (χ0) is 11.3. The van der Waals surface area contributed by atoms with Gasteiger partial charge in [-0.25, -0.2) is 5.48 Å². The molecule has 0 radical (unpaired) electrons. The van der Waals surface area contributed by atoms with Crippen molar-refractivity contribution >= 4 is 38.6 Å². The highest BCUT2D eigenvalue weighted by atomic mass is 127. The maximum atomic E-state index is 11.4. The van der Waals surface area contributed by atoms with E-state index in [9.17, 15) is 13.2 Å². The summed E-state index contributed by atoms with van der Waals surface area (Å²) in [6, 6.07) is 7.58. The molecular formula is C8H8INO4S. The summed E-state index contributed by atoms with van der Waals surface area (Å²) in [6.45, 7) is 0. The Bertz CT molecular complexity index is 431. The molecule has 15 heavy (non-hydrogen) atoms. The number of amides is 1. The molecule has 1 amide bonds. The van der Waals surface area contributed by atoms with Crippen molar-refractivity contribution in [1.82, 2.24) is 5.48 Å². The molecule has 82 valence electrons. The largest absolute Gasteiger partial charge is 0.317 e. The lowest BCUT2D eigenvalue weighted by Crippen LogP contribution is -2.27. The Balaban J connectivity index is 2.73. The summed E-state index contributed by atoms with van der Waals surface area (Å²) >= 11 is 1.79. The van der Waals surface area contributed by atoms with E-state index in [1.807, 2.05) is 5.48 Å². The highest BCUT2D eigenvalue weighted by molar-refractivity contribution is 14.1. The van der Waals surface area contributed by atoms with Crippen LogP contribution in [0.1, 0.15) is 0 Å². The minimum Gasteiger partial charge on any atom is -0.272 e. The van der Waals surface area contributed by atoms with Gasteiger partial charge in [0.05, 0.1) is 9.32 Å². The summed E-state index contributed by atoms with van der Waals surface area (Å²) in [5.41, 5.74) is 1.84. The fourth-order valence-electron chi connectivity index (χ4n) is 0.764. The van der Waals surface area contributed by atoms with E-state index in [2.05, 4.69) is 4.28 Å². The molecular weight excluding hydrogens is 333 g/mol. The number of hydrogen-bond donors (Lipinski definition) is 1. The van der Waals surface area contributed by atoms with Crippen LogP contribution >= 0.6 is 22.6 Å². The van der Waals surface area contributed by atoms with Crippen LogP contribution < -0.4 is 5.48 Å². The molecule has 0 unspecified atom stereocenters. The van der Waals surface area contributed by atoms with Crippen LogP contribution in [0.5, 0.6) is 0 Å². The number of halogens is 1. The highest BCUT2D eigenvalue weighted by Gasteiger charge is 2.15. The number of carbonyl (C=O) groups excluding carboxylic acids is 1. The summed E-state index contributed by atoms with van der Waals surface area (Å²) in [5.74, 6) is -0.505. The van der Waals surface area contributed by atoms with Crippen LogP contribution in [0.15, 0.2) is 35.2 Å². The number of hydroxylamine groups is 1. The van der Waals surface area contributed by atoms with Crippen molar-refractivity contribution in [2.24, 2.45) is 0 Å². The molecule has 0 saturated heterocycles. The van der Waals surface area contributed by atoms with E-state index < -0.39 is 16.0 Å². The SMILES string of the molecule is O=C(CI)NOS(=O)(=O)c1ccccc1. The van der Waals surface area contributed by atoms with Gasteiger partial charge in [-0.2, -0.15) is 8.42 Å². The third-order valence-electron chi connectivity index (χ3n) is 1.42. The van der Waals surface area contributed by atoms with Crippen molar-refractivity contribution in [2.75, 3.05) is 4.43 Å². The van der Waals surface area contributed by atoms with Crippen LogP contribution in [-0.4, -0.2) is 18.8 Å². The Morgan fingerprint density at radius 3 is 2.47 bits per heavy atom. The first kappa shape index (κ1) is 12.4. The average molecular weight is 341 g/mol. The molecule has 0 aliphatic rings. The Morgan fingerprint density at radius 1 is 1.33 bits per heavy atom. The molecule has 7 heteroatoms. The number of benzene rings is 1. The summed E-state index contributed by atoms with van der Waals surface area (Å²) in [4.78, 5) is 10.8. The summed E-state index contributed by atoms with van der Waals surface area (Å²) in [7, 11) is -3.90. The zero-order valence-corrected chi connectivity index (χ0v) is 10.5. The van der Waals surface area contributed by atoms with Crippen LogP contribution in [0.25, 0.3) is 0 Å². The van der Waals surface area contributed by atoms with Gasteiger partial charge in [-0.3, -0.25) is 4.79 Å². The molecule has 1 aromatic carbocycles. The Kier molecular flexibility index (Phi) is 4.48. The molecule has 1 N–H and O–H groups in total. The molecule has 0 heterocycles. The third kappa shape index (κ3) is 3.76. The van der Waals surface area contributed by atoms with Crippen molar-refractivity contribution in [3.8, 4) is 0 Å². The third-order valence-corrected chi connectivity index (χ3v) is 3.26.